The number of hydrogen-bond acceptors (Lipinski definition) is 5. The molecule has 0 bridgehead atoms. The number of nitrogens with one attached hydrogen (secondary N) is 2. The number of aromatic nitrogens is 2. The molecule has 0 saturated heterocycles. The van der Waals surface area contributed by atoms with Crippen molar-refractivity contribution < 1.29 is 14.0 Å². The molecule has 1 heterocycles. The normalized spacial score (nSPS) is 10.6. The summed E-state index contributed by atoms with van der Waals surface area (Å²) in [5.74, 6) is -0.0571. The van der Waals surface area contributed by atoms with Crippen LogP contribution in [0.4, 0.5) is 11.7 Å². The summed E-state index contributed by atoms with van der Waals surface area (Å²) >= 11 is 0. The van der Waals surface area contributed by atoms with E-state index in [2.05, 4.69) is 20.8 Å². The average molecular weight is 364 g/mol. The Morgan fingerprint density at radius 2 is 1.67 bits per heavy atom. The molecule has 2 N–H and O–H groups in total. The van der Waals surface area contributed by atoms with E-state index in [0.717, 1.165) is 5.56 Å². The van der Waals surface area contributed by atoms with E-state index in [9.17, 15) is 9.59 Å². The first-order valence-electron chi connectivity index (χ1n) is 8.62. The van der Waals surface area contributed by atoms with Crippen molar-refractivity contribution >= 4 is 23.5 Å². The number of hydrogen-bond donors (Lipinski definition) is 2. The van der Waals surface area contributed by atoms with Crippen molar-refractivity contribution in [2.75, 3.05) is 10.6 Å². The van der Waals surface area contributed by atoms with Crippen molar-refractivity contribution in [1.29, 1.82) is 0 Å². The maximum absolute atomic E-state index is 12.6. The summed E-state index contributed by atoms with van der Waals surface area (Å²) in [4.78, 5) is 24.6. The highest BCUT2D eigenvalue weighted by atomic mass is 16.4. The lowest BCUT2D eigenvalue weighted by Gasteiger charge is -2.11. The second-order valence-corrected chi connectivity index (χ2v) is 6.42. The van der Waals surface area contributed by atoms with Crippen molar-refractivity contribution in [3.8, 4) is 11.5 Å². The molecule has 0 aliphatic carbocycles. The summed E-state index contributed by atoms with van der Waals surface area (Å²) in [6, 6.07) is 16.0. The lowest BCUT2D eigenvalue weighted by molar-refractivity contribution is -0.116. The van der Waals surface area contributed by atoms with Gasteiger partial charge in [0.25, 0.3) is 5.91 Å². The summed E-state index contributed by atoms with van der Waals surface area (Å²) in [7, 11) is 0. The number of para-hydroxylation sites is 1. The maximum atomic E-state index is 12.6. The van der Waals surface area contributed by atoms with E-state index in [-0.39, 0.29) is 17.8 Å². The molecule has 0 unspecified atom stereocenters. The molecule has 0 aliphatic rings. The van der Waals surface area contributed by atoms with Crippen LogP contribution in [-0.4, -0.2) is 22.0 Å². The zero-order chi connectivity index (χ0) is 19.2. The van der Waals surface area contributed by atoms with E-state index in [0.29, 0.717) is 23.6 Å². The molecule has 0 aliphatic heterocycles. The Morgan fingerprint density at radius 1 is 0.963 bits per heavy atom. The van der Waals surface area contributed by atoms with E-state index in [1.165, 1.54) is 0 Å². The Hall–Kier alpha value is -3.48. The Kier molecular flexibility index (Phi) is 5.61. The van der Waals surface area contributed by atoms with Gasteiger partial charge in [-0.05, 0) is 30.2 Å². The van der Waals surface area contributed by atoms with Crippen LogP contribution in [0.25, 0.3) is 11.5 Å². The highest BCUT2D eigenvalue weighted by Gasteiger charge is 2.17. The number of carbonyl (C=O) groups excluding carboxylic acids is 2. The molecule has 3 aromatic rings. The van der Waals surface area contributed by atoms with Crippen molar-refractivity contribution in [2.24, 2.45) is 5.92 Å². The number of benzene rings is 2. The molecule has 0 saturated carbocycles. The minimum Gasteiger partial charge on any atom is -0.403 e. The van der Waals surface area contributed by atoms with Gasteiger partial charge in [-0.2, -0.15) is 0 Å². The van der Waals surface area contributed by atoms with Crippen LogP contribution < -0.4 is 10.6 Å². The predicted molar refractivity (Wildman–Crippen MR) is 102 cm³/mol. The second-order valence-electron chi connectivity index (χ2n) is 6.42. The van der Waals surface area contributed by atoms with Gasteiger partial charge >= 0.3 is 6.01 Å². The van der Waals surface area contributed by atoms with Gasteiger partial charge in [-0.15, -0.1) is 5.10 Å². The van der Waals surface area contributed by atoms with Gasteiger partial charge in [0.1, 0.15) is 0 Å². The number of rotatable bonds is 6. The van der Waals surface area contributed by atoms with E-state index >= 15 is 0 Å². The Bertz CT molecular complexity index is 935. The fourth-order valence-corrected chi connectivity index (χ4v) is 2.50. The third kappa shape index (κ3) is 4.78. The van der Waals surface area contributed by atoms with Crippen LogP contribution in [0.2, 0.25) is 0 Å². The molecule has 2 aromatic carbocycles. The second kappa shape index (κ2) is 8.27. The third-order valence-corrected chi connectivity index (χ3v) is 3.71. The lowest BCUT2D eigenvalue weighted by Crippen LogP contribution is -2.19. The zero-order valence-electron chi connectivity index (χ0n) is 15.1. The lowest BCUT2D eigenvalue weighted by atomic mass is 10.1. The minimum atomic E-state index is -0.446. The van der Waals surface area contributed by atoms with Crippen LogP contribution >= 0.6 is 0 Å². The highest BCUT2D eigenvalue weighted by Crippen LogP contribution is 2.21. The Morgan fingerprint density at radius 3 is 2.41 bits per heavy atom. The van der Waals surface area contributed by atoms with Crippen molar-refractivity contribution in [3.63, 3.8) is 0 Å². The summed E-state index contributed by atoms with van der Waals surface area (Å²) in [6.07, 6.45) is 0.375. The third-order valence-electron chi connectivity index (χ3n) is 3.71. The van der Waals surface area contributed by atoms with Crippen LogP contribution in [0.15, 0.2) is 59.0 Å². The molecule has 7 heteroatoms. The fourth-order valence-electron chi connectivity index (χ4n) is 2.50. The smallest absolute Gasteiger partial charge is 0.322 e. The van der Waals surface area contributed by atoms with Gasteiger partial charge in [0.2, 0.25) is 11.8 Å². The van der Waals surface area contributed by atoms with Crippen molar-refractivity contribution in [2.45, 2.75) is 20.3 Å². The Balaban J connectivity index is 1.73. The molecule has 0 spiro atoms. The number of carbonyl (C=O) groups is 2. The van der Waals surface area contributed by atoms with Gasteiger partial charge in [-0.1, -0.05) is 49.3 Å². The standard InChI is InChI=1S/C20H20N4O3/c1-13(2)12-17(25)21-16-11-7-6-10-15(16)18(26)22-20-24-23-19(27-20)14-8-4-3-5-9-14/h3-11,13H,12H2,1-2H3,(H,21,25)(H,22,24,26). The molecule has 1 aromatic heterocycles. The van der Waals surface area contributed by atoms with Gasteiger partial charge in [0.05, 0.1) is 11.3 Å². The molecule has 0 atom stereocenters. The van der Waals surface area contributed by atoms with Gasteiger partial charge in [0.15, 0.2) is 0 Å². The number of amides is 2. The van der Waals surface area contributed by atoms with Crippen LogP contribution in [0.1, 0.15) is 30.6 Å². The highest BCUT2D eigenvalue weighted by molar-refractivity contribution is 6.09. The first-order valence-corrected chi connectivity index (χ1v) is 8.62. The van der Waals surface area contributed by atoms with Gasteiger partial charge in [0, 0.05) is 12.0 Å². The van der Waals surface area contributed by atoms with Crippen molar-refractivity contribution in [1.82, 2.24) is 10.2 Å². The molecule has 0 radical (unpaired) electrons. The molecular formula is C20H20N4O3. The summed E-state index contributed by atoms with van der Waals surface area (Å²) < 4.78 is 5.49. The topological polar surface area (TPSA) is 97.1 Å². The first kappa shape index (κ1) is 18.3. The predicted octanol–water partition coefficient (Wildman–Crippen LogP) is 3.97. The monoisotopic (exact) mass is 364 g/mol. The van der Waals surface area contributed by atoms with Gasteiger partial charge in [-0.3, -0.25) is 14.9 Å². The number of nitrogens with zero attached hydrogens (tertiary/aromatic N) is 2. The van der Waals surface area contributed by atoms with Gasteiger partial charge < -0.3 is 9.73 Å². The summed E-state index contributed by atoms with van der Waals surface area (Å²) in [6.45, 7) is 3.91. The molecule has 27 heavy (non-hydrogen) atoms. The number of anilines is 2. The quantitative estimate of drug-likeness (QED) is 0.690. The molecular weight excluding hydrogens is 344 g/mol. The fraction of sp³-hybridized carbons (Fsp3) is 0.200. The van der Waals surface area contributed by atoms with Crippen molar-refractivity contribution in [3.05, 3.63) is 60.2 Å². The van der Waals surface area contributed by atoms with Crippen LogP contribution in [-0.2, 0) is 4.79 Å². The molecule has 3 rings (SSSR count). The van der Waals surface area contributed by atoms with E-state index in [1.807, 2.05) is 44.2 Å². The SMILES string of the molecule is CC(C)CC(=O)Nc1ccccc1C(=O)Nc1nnc(-c2ccccc2)o1. The van der Waals surface area contributed by atoms with E-state index in [4.69, 9.17) is 4.42 Å². The van der Waals surface area contributed by atoms with Crippen LogP contribution in [0, 0.1) is 5.92 Å². The average Bonchev–Trinajstić information content (AvgIpc) is 3.10. The molecule has 2 amide bonds. The largest absolute Gasteiger partial charge is 0.403 e. The molecule has 0 fully saturated rings. The minimum absolute atomic E-state index is 0.0119. The maximum Gasteiger partial charge on any atom is 0.322 e. The molecule has 7 nitrogen and oxygen atoms in total. The first-order chi connectivity index (χ1) is 13.0. The van der Waals surface area contributed by atoms with E-state index < -0.39 is 5.91 Å². The summed E-state index contributed by atoms with van der Waals surface area (Å²) in [5.41, 5.74) is 1.50. The summed E-state index contributed by atoms with van der Waals surface area (Å²) in [5, 5.41) is 13.1. The van der Waals surface area contributed by atoms with Crippen LogP contribution in [0.5, 0.6) is 0 Å². The molecule has 138 valence electrons. The van der Waals surface area contributed by atoms with E-state index in [1.54, 1.807) is 24.3 Å². The van der Waals surface area contributed by atoms with Gasteiger partial charge in [-0.25, -0.2) is 0 Å². The van der Waals surface area contributed by atoms with Crippen LogP contribution in [0.3, 0.4) is 0 Å². The zero-order valence-corrected chi connectivity index (χ0v) is 15.1. The Labute approximate surface area is 156 Å².